The van der Waals surface area contributed by atoms with Crippen molar-refractivity contribution >= 4 is 99.9 Å². The quantitative estimate of drug-likeness (QED) is 0.178. The van der Waals surface area contributed by atoms with Crippen LogP contribution in [0.4, 0.5) is 17.1 Å². The molecule has 0 amide bonds. The number of anilines is 3. The van der Waals surface area contributed by atoms with Crippen molar-refractivity contribution in [1.82, 2.24) is 4.57 Å². The number of thiophene rings is 1. The van der Waals surface area contributed by atoms with Crippen LogP contribution in [0, 0.1) is 0 Å². The Morgan fingerprint density at radius 2 is 1.30 bits per heavy atom. The van der Waals surface area contributed by atoms with Gasteiger partial charge in [0.1, 0.15) is 0 Å². The summed E-state index contributed by atoms with van der Waals surface area (Å²) < 4.78 is 5.22. The zero-order valence-electron chi connectivity index (χ0n) is 41.0. The summed E-state index contributed by atoms with van der Waals surface area (Å²) in [6.45, 7) is 23.3. The molecule has 69 heavy (non-hydrogen) atoms. The highest BCUT2D eigenvalue weighted by atomic mass is 32.1. The zero-order chi connectivity index (χ0) is 47.5. The van der Waals surface area contributed by atoms with E-state index in [1.807, 2.05) is 11.3 Å². The van der Waals surface area contributed by atoms with Gasteiger partial charge in [0.05, 0.1) is 11.2 Å². The van der Waals surface area contributed by atoms with E-state index >= 15 is 0 Å². The molecule has 8 aromatic carbocycles. The molecule has 10 aromatic rings. The molecule has 13 rings (SSSR count). The monoisotopic (exact) mass is 908 g/mol. The predicted octanol–water partition coefficient (Wildman–Crippen LogP) is 15.9. The van der Waals surface area contributed by atoms with Crippen molar-refractivity contribution in [1.29, 1.82) is 0 Å². The van der Waals surface area contributed by atoms with Gasteiger partial charge in [-0.1, -0.05) is 164 Å². The number of rotatable bonds is 4. The highest BCUT2D eigenvalue weighted by Crippen LogP contribution is 2.53. The first kappa shape index (κ1) is 42.1. The Morgan fingerprint density at radius 1 is 0.580 bits per heavy atom. The Kier molecular flexibility index (Phi) is 8.83. The molecule has 4 heterocycles. The minimum atomic E-state index is -0.178. The van der Waals surface area contributed by atoms with Crippen molar-refractivity contribution in [3.63, 3.8) is 0 Å². The fourth-order valence-electron chi connectivity index (χ4n) is 11.7. The van der Waals surface area contributed by atoms with Crippen molar-refractivity contribution in [2.45, 2.75) is 71.6 Å². The Bertz CT molecular complexity index is 3900. The lowest BCUT2D eigenvalue weighted by Crippen LogP contribution is -2.38. The summed E-state index contributed by atoms with van der Waals surface area (Å²) in [5, 5.41) is 9.17. The summed E-state index contributed by atoms with van der Waals surface area (Å²) in [6, 6.07) is 55.3. The normalized spacial score (nSPS) is 14.8. The van der Waals surface area contributed by atoms with E-state index in [1.165, 1.54) is 109 Å². The van der Waals surface area contributed by atoms with Crippen molar-refractivity contribution < 1.29 is 0 Å². The minimum absolute atomic E-state index is 0.0233. The molecule has 5 heteroatoms. The van der Waals surface area contributed by atoms with Crippen LogP contribution in [0.25, 0.3) is 81.2 Å². The fraction of sp³-hybridized carbons (Fsp3) is 0.188. The maximum atomic E-state index is 4.68. The van der Waals surface area contributed by atoms with Gasteiger partial charge in [-0.15, -0.1) is 11.3 Å². The average molecular weight is 909 g/mol. The molecule has 0 spiro atoms. The van der Waals surface area contributed by atoms with E-state index in [9.17, 15) is 0 Å². The summed E-state index contributed by atoms with van der Waals surface area (Å²) in [5.74, 6) is 0. The summed E-state index contributed by atoms with van der Waals surface area (Å²) in [6.07, 6.45) is 2.24. The van der Waals surface area contributed by atoms with Crippen molar-refractivity contribution in [3.8, 4) is 27.9 Å². The summed E-state index contributed by atoms with van der Waals surface area (Å²) in [7, 11) is 4.67. The molecule has 1 aliphatic carbocycles. The van der Waals surface area contributed by atoms with E-state index in [0.29, 0.717) is 0 Å². The average Bonchev–Trinajstić information content (AvgIpc) is 3.93. The lowest BCUT2D eigenvalue weighted by molar-refractivity contribution is 0.589. The number of allylic oxidation sites excluding steroid dienone is 2. The topological polar surface area (TPSA) is 20.2 Å². The molecule has 335 valence electrons. The molecule has 1 N–H and O–H groups in total. The maximum Gasteiger partial charge on any atom is 0.197 e. The fourth-order valence-corrected chi connectivity index (χ4v) is 12.9. The van der Waals surface area contributed by atoms with E-state index in [-0.39, 0.29) is 16.2 Å². The second kappa shape index (κ2) is 14.5. The minimum Gasteiger partial charge on any atom is -0.355 e. The van der Waals surface area contributed by atoms with Gasteiger partial charge in [0.25, 0.3) is 0 Å². The second-order valence-electron chi connectivity index (χ2n) is 22.3. The molecule has 2 aliphatic heterocycles. The molecule has 0 saturated heterocycles. The van der Waals surface area contributed by atoms with Crippen LogP contribution < -0.4 is 21.1 Å². The van der Waals surface area contributed by atoms with Gasteiger partial charge in [0.15, 0.2) is 7.28 Å². The third-order valence-electron chi connectivity index (χ3n) is 15.6. The van der Waals surface area contributed by atoms with E-state index in [4.69, 9.17) is 0 Å². The van der Waals surface area contributed by atoms with E-state index in [1.54, 1.807) is 0 Å². The highest BCUT2D eigenvalue weighted by Gasteiger charge is 2.38. The number of aromatic nitrogens is 1. The molecule has 0 saturated carbocycles. The number of hydrogen-bond donors (Lipinski definition) is 1. The van der Waals surface area contributed by atoms with Gasteiger partial charge in [-0.2, -0.15) is 0 Å². The lowest BCUT2D eigenvalue weighted by Gasteiger charge is -2.33. The molecular formula is C64H55BN3S. The molecule has 3 nitrogen and oxygen atoms in total. The molecular weight excluding hydrogens is 854 g/mol. The van der Waals surface area contributed by atoms with Crippen molar-refractivity contribution in [2.75, 3.05) is 17.3 Å². The number of nitrogens with one attached hydrogen (secondary N) is 1. The molecule has 0 fully saturated rings. The Balaban J connectivity index is 1.09. The van der Waals surface area contributed by atoms with Crippen LogP contribution in [0.5, 0.6) is 0 Å². The number of hydrogen-bond acceptors (Lipinski definition) is 3. The van der Waals surface area contributed by atoms with Crippen LogP contribution in [-0.4, -0.2) is 18.9 Å². The van der Waals surface area contributed by atoms with Crippen LogP contribution in [0.3, 0.4) is 0 Å². The number of nitrogens with zero attached hydrogens (tertiary/aromatic N) is 2. The Labute approximate surface area is 410 Å². The van der Waals surface area contributed by atoms with E-state index < -0.39 is 0 Å². The van der Waals surface area contributed by atoms with Gasteiger partial charge >= 0.3 is 0 Å². The first-order valence-corrected chi connectivity index (χ1v) is 25.2. The molecule has 1 radical (unpaired) electrons. The molecule has 0 bridgehead atoms. The second-order valence-corrected chi connectivity index (χ2v) is 23.4. The van der Waals surface area contributed by atoms with Gasteiger partial charge in [-0.05, 0) is 121 Å². The molecule has 0 unspecified atom stereocenters. The third-order valence-corrected chi connectivity index (χ3v) is 16.7. The lowest BCUT2D eigenvalue weighted by atomic mass is 9.58. The van der Waals surface area contributed by atoms with Crippen LogP contribution in [-0.2, 0) is 16.2 Å². The first-order valence-electron chi connectivity index (χ1n) is 24.4. The van der Waals surface area contributed by atoms with Crippen LogP contribution in [0.15, 0.2) is 158 Å². The third kappa shape index (κ3) is 6.25. The van der Waals surface area contributed by atoms with Crippen LogP contribution in [0.1, 0.15) is 88.8 Å². The standard InChI is InChI=1S/C64H55BN3S/c1-36-28-54(37-16-12-11-13-17-37)67(10)55-35-57-52(31-44(36)55)65-60-42(25-26-43-48-33-59-49(32-56(48)68(57)61(43)60)41-18-14-15-19-58(41)69-59)47-30-46-45-29-39(63(5,6)7)22-27-50(45)64(8,9)51(46)34-53(47)66-40-23-20-38(21-24-40)62(2,3)4/h11-35,66H,1H2,2-10H3. The summed E-state index contributed by atoms with van der Waals surface area (Å²) >= 11 is 1.89. The zero-order valence-corrected chi connectivity index (χ0v) is 41.8. The largest absolute Gasteiger partial charge is 0.355 e. The van der Waals surface area contributed by atoms with Gasteiger partial charge in [-0.25, -0.2) is 0 Å². The molecule has 0 atom stereocenters. The highest BCUT2D eigenvalue weighted by molar-refractivity contribution is 7.25. The van der Waals surface area contributed by atoms with Crippen molar-refractivity contribution in [2.24, 2.45) is 0 Å². The number of fused-ring (bicyclic) bond motifs is 12. The summed E-state index contributed by atoms with van der Waals surface area (Å²) in [5.41, 5.74) is 24.3. The summed E-state index contributed by atoms with van der Waals surface area (Å²) in [4.78, 5) is 2.35. The van der Waals surface area contributed by atoms with Gasteiger partial charge in [-0.3, -0.25) is 0 Å². The molecule has 3 aliphatic rings. The SMILES string of the molecule is C=C1C=C(c2ccccc2)N(C)c2cc3c(cc21)[B]c1c(-c2cc4c(cc2Nc2ccc(C(C)(C)C)cc2)C(C)(C)c2ccc(C(C)(C)C)cc2-4)ccc2c4cc5sc6ccccc6c5cc4n-3c12. The van der Waals surface area contributed by atoms with Gasteiger partial charge in [0, 0.05) is 82.8 Å². The molecule has 2 aromatic heterocycles. The Morgan fingerprint density at radius 3 is 2.07 bits per heavy atom. The number of benzene rings is 8. The predicted molar refractivity (Wildman–Crippen MR) is 301 cm³/mol. The van der Waals surface area contributed by atoms with E-state index in [2.05, 4.69) is 243 Å². The van der Waals surface area contributed by atoms with Crippen molar-refractivity contribution in [3.05, 3.63) is 192 Å². The van der Waals surface area contributed by atoms with Crippen LogP contribution in [0.2, 0.25) is 0 Å². The Hall–Kier alpha value is -7.08. The van der Waals surface area contributed by atoms with E-state index in [0.717, 1.165) is 33.9 Å². The maximum absolute atomic E-state index is 4.68. The first-order chi connectivity index (χ1) is 33.0. The van der Waals surface area contributed by atoms with Crippen LogP contribution >= 0.6 is 11.3 Å². The van der Waals surface area contributed by atoms with Gasteiger partial charge in [0.2, 0.25) is 0 Å². The smallest absolute Gasteiger partial charge is 0.197 e. The van der Waals surface area contributed by atoms with Gasteiger partial charge < -0.3 is 14.8 Å².